The molecule has 0 spiro atoms. The Morgan fingerprint density at radius 2 is 1.80 bits per heavy atom. The van der Waals surface area contributed by atoms with E-state index in [1.54, 1.807) is 0 Å². The van der Waals surface area contributed by atoms with Gasteiger partial charge in [0.05, 0.1) is 17.8 Å². The summed E-state index contributed by atoms with van der Waals surface area (Å²) in [5.41, 5.74) is 0. The van der Waals surface area contributed by atoms with Gasteiger partial charge >= 0.3 is 17.9 Å². The highest BCUT2D eigenvalue weighted by atomic mass is 35.5. The summed E-state index contributed by atoms with van der Waals surface area (Å²) in [4.78, 5) is 33.0. The second-order valence-electron chi connectivity index (χ2n) is 3.80. The van der Waals surface area contributed by atoms with Crippen molar-refractivity contribution in [3.63, 3.8) is 0 Å². The maximum absolute atomic E-state index is 11.2. The van der Waals surface area contributed by atoms with Crippen molar-refractivity contribution in [1.29, 1.82) is 0 Å². The summed E-state index contributed by atoms with van der Waals surface area (Å²) in [5.74, 6) is -3.34. The molecule has 1 saturated carbocycles. The fraction of sp³-hybridized carbons (Fsp3) is 0.667. The van der Waals surface area contributed by atoms with Gasteiger partial charge in [-0.05, 0) is 19.3 Å². The first-order chi connectivity index (χ1) is 6.59. The number of cyclic esters (lactones) is 2. The Morgan fingerprint density at radius 1 is 1.20 bits per heavy atom. The molecule has 0 amide bonds. The van der Waals surface area contributed by atoms with Crippen LogP contribution in [0.4, 0.5) is 0 Å². The lowest BCUT2D eigenvalue weighted by Crippen LogP contribution is -2.30. The standard InChI is InChI=1S/C9H10O5.ClH/c10-7(11)4-1-2-5-6(3-4)9(13)14-8(5)12;/h4-6H,1-3H2,(H,10,11);1H. The van der Waals surface area contributed by atoms with Gasteiger partial charge in [-0.2, -0.15) is 0 Å². The molecule has 15 heavy (non-hydrogen) atoms. The number of hydrogen-bond donors (Lipinski definition) is 1. The predicted octanol–water partition coefficient (Wildman–Crippen LogP) is 0.609. The molecule has 3 unspecified atom stereocenters. The minimum Gasteiger partial charge on any atom is -0.481 e. The molecule has 6 heteroatoms. The summed E-state index contributed by atoms with van der Waals surface area (Å²) in [5, 5.41) is 8.77. The van der Waals surface area contributed by atoms with Crippen molar-refractivity contribution in [2.24, 2.45) is 17.8 Å². The van der Waals surface area contributed by atoms with Crippen molar-refractivity contribution in [2.45, 2.75) is 19.3 Å². The normalized spacial score (nSPS) is 34.0. The third-order valence-electron chi connectivity index (χ3n) is 3.01. The lowest BCUT2D eigenvalue weighted by molar-refractivity contribution is -0.153. The Hall–Kier alpha value is -1.10. The van der Waals surface area contributed by atoms with E-state index >= 15 is 0 Å². The number of carbonyl (C=O) groups excluding carboxylic acids is 2. The molecule has 0 aromatic heterocycles. The molecule has 2 fully saturated rings. The van der Waals surface area contributed by atoms with Crippen LogP contribution in [0, 0.1) is 17.8 Å². The van der Waals surface area contributed by atoms with E-state index in [2.05, 4.69) is 4.74 Å². The molecule has 0 aromatic carbocycles. The van der Waals surface area contributed by atoms with E-state index in [0.717, 1.165) is 0 Å². The summed E-state index contributed by atoms with van der Waals surface area (Å²) in [6, 6.07) is 0. The van der Waals surface area contributed by atoms with E-state index in [1.165, 1.54) is 0 Å². The third-order valence-corrected chi connectivity index (χ3v) is 3.01. The minimum absolute atomic E-state index is 0. The van der Waals surface area contributed by atoms with Crippen LogP contribution in [0.1, 0.15) is 19.3 Å². The molecule has 2 aliphatic rings. The van der Waals surface area contributed by atoms with Gasteiger partial charge in [0.25, 0.3) is 0 Å². The van der Waals surface area contributed by atoms with Crippen molar-refractivity contribution in [3.8, 4) is 0 Å². The van der Waals surface area contributed by atoms with Gasteiger partial charge in [-0.3, -0.25) is 14.4 Å². The molecule has 1 aliphatic carbocycles. The van der Waals surface area contributed by atoms with Gasteiger partial charge in [-0.1, -0.05) is 0 Å². The van der Waals surface area contributed by atoms with Gasteiger partial charge in [0, 0.05) is 0 Å². The second kappa shape index (κ2) is 4.18. The summed E-state index contributed by atoms with van der Waals surface area (Å²) in [7, 11) is 0. The zero-order valence-corrected chi connectivity index (χ0v) is 8.66. The zero-order valence-electron chi connectivity index (χ0n) is 7.84. The molecule has 5 nitrogen and oxygen atoms in total. The van der Waals surface area contributed by atoms with Gasteiger partial charge in [0.2, 0.25) is 0 Å². The number of fused-ring (bicyclic) bond motifs is 1. The number of aliphatic carboxylic acids is 1. The highest BCUT2D eigenvalue weighted by Gasteiger charge is 2.48. The van der Waals surface area contributed by atoms with E-state index in [4.69, 9.17) is 5.11 Å². The molecule has 84 valence electrons. The fourth-order valence-corrected chi connectivity index (χ4v) is 2.19. The van der Waals surface area contributed by atoms with Gasteiger partial charge in [0.15, 0.2) is 0 Å². The Morgan fingerprint density at radius 3 is 2.40 bits per heavy atom. The molecular formula is C9H11ClO5. The zero-order chi connectivity index (χ0) is 10.3. The molecule has 1 heterocycles. The number of halogens is 1. The van der Waals surface area contributed by atoms with Gasteiger partial charge in [-0.15, -0.1) is 12.4 Å². The van der Waals surface area contributed by atoms with E-state index in [0.29, 0.717) is 12.8 Å². The summed E-state index contributed by atoms with van der Waals surface area (Å²) in [6.45, 7) is 0. The molecular weight excluding hydrogens is 224 g/mol. The Labute approximate surface area is 92.2 Å². The number of esters is 2. The first-order valence-corrected chi connectivity index (χ1v) is 4.58. The monoisotopic (exact) mass is 234 g/mol. The fourth-order valence-electron chi connectivity index (χ4n) is 2.19. The van der Waals surface area contributed by atoms with Crippen LogP contribution in [0.15, 0.2) is 0 Å². The Bertz CT molecular complexity index is 314. The van der Waals surface area contributed by atoms with E-state index in [9.17, 15) is 14.4 Å². The number of hydrogen-bond acceptors (Lipinski definition) is 4. The average molecular weight is 235 g/mol. The quantitative estimate of drug-likeness (QED) is 0.531. The average Bonchev–Trinajstić information content (AvgIpc) is 2.42. The smallest absolute Gasteiger partial charge is 0.317 e. The summed E-state index contributed by atoms with van der Waals surface area (Å²) >= 11 is 0. The molecule has 1 saturated heterocycles. The molecule has 0 bridgehead atoms. The molecule has 1 N–H and O–H groups in total. The molecule has 0 radical (unpaired) electrons. The number of ether oxygens (including phenoxy) is 1. The lowest BCUT2D eigenvalue weighted by Gasteiger charge is -2.24. The maximum Gasteiger partial charge on any atom is 0.317 e. The summed E-state index contributed by atoms with van der Waals surface area (Å²) < 4.78 is 4.47. The van der Waals surface area contributed by atoms with Gasteiger partial charge < -0.3 is 9.84 Å². The van der Waals surface area contributed by atoms with Crippen LogP contribution in [0.2, 0.25) is 0 Å². The number of carboxylic acids is 1. The van der Waals surface area contributed by atoms with Crippen molar-refractivity contribution in [2.75, 3.05) is 0 Å². The van der Waals surface area contributed by atoms with E-state index in [1.807, 2.05) is 0 Å². The largest absolute Gasteiger partial charge is 0.481 e. The predicted molar refractivity (Wildman–Crippen MR) is 50.3 cm³/mol. The SMILES string of the molecule is Cl.O=C(O)C1CCC2C(=O)OC(=O)C2C1. The van der Waals surface area contributed by atoms with Crippen LogP contribution >= 0.6 is 12.4 Å². The van der Waals surface area contributed by atoms with Crippen LogP contribution in [0.25, 0.3) is 0 Å². The number of rotatable bonds is 1. The van der Waals surface area contributed by atoms with E-state index < -0.39 is 35.7 Å². The highest BCUT2D eigenvalue weighted by Crippen LogP contribution is 2.39. The van der Waals surface area contributed by atoms with Crippen LogP contribution in [0.5, 0.6) is 0 Å². The van der Waals surface area contributed by atoms with Crippen LogP contribution in [0.3, 0.4) is 0 Å². The van der Waals surface area contributed by atoms with Crippen molar-refractivity contribution in [1.82, 2.24) is 0 Å². The third kappa shape index (κ3) is 1.97. The van der Waals surface area contributed by atoms with Crippen molar-refractivity contribution in [3.05, 3.63) is 0 Å². The lowest BCUT2D eigenvalue weighted by atomic mass is 9.75. The van der Waals surface area contributed by atoms with E-state index in [-0.39, 0.29) is 18.8 Å². The second-order valence-corrected chi connectivity index (χ2v) is 3.80. The Balaban J connectivity index is 0.00000112. The molecule has 0 aromatic rings. The molecule has 2 rings (SSSR count). The van der Waals surface area contributed by atoms with Crippen molar-refractivity contribution >= 4 is 30.3 Å². The highest BCUT2D eigenvalue weighted by molar-refractivity contribution is 5.97. The molecule has 1 aliphatic heterocycles. The first kappa shape index (κ1) is 12.0. The van der Waals surface area contributed by atoms with Crippen LogP contribution in [-0.2, 0) is 19.1 Å². The Kier molecular flexibility index (Phi) is 3.34. The first-order valence-electron chi connectivity index (χ1n) is 4.58. The number of carbonyl (C=O) groups is 3. The van der Waals surface area contributed by atoms with Gasteiger partial charge in [-0.25, -0.2) is 0 Å². The van der Waals surface area contributed by atoms with Gasteiger partial charge in [0.1, 0.15) is 0 Å². The number of carboxylic acid groups (broad SMARTS) is 1. The maximum atomic E-state index is 11.2. The molecule has 3 atom stereocenters. The topological polar surface area (TPSA) is 80.7 Å². The van der Waals surface area contributed by atoms with Crippen LogP contribution in [-0.4, -0.2) is 23.0 Å². The summed E-state index contributed by atoms with van der Waals surface area (Å²) in [6.07, 6.45) is 1.15. The van der Waals surface area contributed by atoms with Crippen molar-refractivity contribution < 1.29 is 24.2 Å². The van der Waals surface area contributed by atoms with Crippen LogP contribution < -0.4 is 0 Å². The minimum atomic E-state index is -0.893.